The van der Waals surface area contributed by atoms with Crippen molar-refractivity contribution in [1.82, 2.24) is 0 Å². The summed E-state index contributed by atoms with van der Waals surface area (Å²) in [5.74, 6) is 0.236. The van der Waals surface area contributed by atoms with Crippen LogP contribution in [0.5, 0.6) is 0 Å². The van der Waals surface area contributed by atoms with Crippen LogP contribution in [0, 0.1) is 5.92 Å². The fourth-order valence-electron chi connectivity index (χ4n) is 3.38. The molecule has 1 aliphatic carbocycles. The Bertz CT molecular complexity index is 1010. The number of carbonyl (C=O) groups excluding carboxylic acids is 2. The first-order valence-electron chi connectivity index (χ1n) is 9.07. The number of amides is 2. The van der Waals surface area contributed by atoms with Gasteiger partial charge in [-0.25, -0.2) is 0 Å². The predicted molar refractivity (Wildman–Crippen MR) is 114 cm³/mol. The van der Waals surface area contributed by atoms with Crippen LogP contribution in [0.25, 0.3) is 0 Å². The van der Waals surface area contributed by atoms with Crippen molar-refractivity contribution >= 4 is 49.8 Å². The summed E-state index contributed by atoms with van der Waals surface area (Å²) in [6, 6.07) is 10.7. The summed E-state index contributed by atoms with van der Waals surface area (Å²) in [6.45, 7) is 2.21. The summed E-state index contributed by atoms with van der Waals surface area (Å²) in [6.07, 6.45) is 4.26. The Morgan fingerprint density at radius 3 is 2.64 bits per heavy atom. The number of benzene rings is 1. The lowest BCUT2D eigenvalue weighted by molar-refractivity contribution is 0.0997. The van der Waals surface area contributed by atoms with Gasteiger partial charge in [0.05, 0.1) is 11.8 Å². The first-order valence-corrected chi connectivity index (χ1v) is 10.7. The van der Waals surface area contributed by atoms with E-state index in [1.165, 1.54) is 22.5 Å². The molecule has 4 rings (SSSR count). The van der Waals surface area contributed by atoms with Crippen molar-refractivity contribution in [3.05, 3.63) is 68.9 Å². The lowest BCUT2D eigenvalue weighted by Crippen LogP contribution is -2.19. The topological polar surface area (TPSA) is 71.3 Å². The highest BCUT2D eigenvalue weighted by atomic mass is 79.9. The first kappa shape index (κ1) is 19.0. The van der Waals surface area contributed by atoms with E-state index in [0.29, 0.717) is 22.2 Å². The SMILES string of the molecule is C[C@@H]1CCc2c(sc(NC(=O)c3ccco3)c2C(=O)Nc2ccc(Br)cc2)C1. The minimum atomic E-state index is -0.352. The van der Waals surface area contributed by atoms with Crippen LogP contribution in [-0.2, 0) is 12.8 Å². The summed E-state index contributed by atoms with van der Waals surface area (Å²) in [4.78, 5) is 26.8. The van der Waals surface area contributed by atoms with E-state index in [2.05, 4.69) is 33.5 Å². The molecule has 2 amide bonds. The molecule has 3 aromatic rings. The number of hydrogen-bond acceptors (Lipinski definition) is 4. The molecule has 0 radical (unpaired) electrons. The highest BCUT2D eigenvalue weighted by Gasteiger charge is 2.29. The first-order chi connectivity index (χ1) is 13.5. The van der Waals surface area contributed by atoms with E-state index in [9.17, 15) is 9.59 Å². The second kappa shape index (κ2) is 7.93. The maximum Gasteiger partial charge on any atom is 0.291 e. The van der Waals surface area contributed by atoms with Crippen molar-refractivity contribution in [2.75, 3.05) is 10.6 Å². The molecule has 0 unspecified atom stereocenters. The summed E-state index contributed by atoms with van der Waals surface area (Å²) in [5, 5.41) is 6.41. The van der Waals surface area contributed by atoms with Crippen LogP contribution in [0.1, 0.15) is 44.7 Å². The summed E-state index contributed by atoms with van der Waals surface area (Å²) >= 11 is 4.89. The average Bonchev–Trinajstić information content (AvgIpc) is 3.31. The Balaban J connectivity index is 1.66. The second-order valence-electron chi connectivity index (χ2n) is 6.95. The number of furan rings is 1. The molecule has 2 heterocycles. The zero-order valence-corrected chi connectivity index (χ0v) is 17.7. The molecule has 0 fully saturated rings. The lowest BCUT2D eigenvalue weighted by Gasteiger charge is -2.18. The zero-order valence-electron chi connectivity index (χ0n) is 15.3. The Morgan fingerprint density at radius 2 is 1.93 bits per heavy atom. The molecule has 28 heavy (non-hydrogen) atoms. The van der Waals surface area contributed by atoms with Crippen LogP contribution in [0.3, 0.4) is 0 Å². The smallest absolute Gasteiger partial charge is 0.291 e. The highest BCUT2D eigenvalue weighted by Crippen LogP contribution is 2.40. The molecule has 2 N–H and O–H groups in total. The van der Waals surface area contributed by atoms with Gasteiger partial charge in [-0.1, -0.05) is 22.9 Å². The molecule has 0 saturated heterocycles. The fraction of sp³-hybridized carbons (Fsp3) is 0.238. The van der Waals surface area contributed by atoms with Crippen molar-refractivity contribution in [2.45, 2.75) is 26.2 Å². The molecule has 1 aliphatic rings. The molecule has 2 aromatic heterocycles. The maximum absolute atomic E-state index is 13.1. The zero-order chi connectivity index (χ0) is 19.7. The number of anilines is 2. The third-order valence-corrected chi connectivity index (χ3v) is 6.51. The molecule has 1 aromatic carbocycles. The standard InChI is InChI=1S/C21H19BrN2O3S/c1-12-4-9-15-17(11-12)28-21(24-19(25)16-3-2-10-27-16)18(15)20(26)23-14-7-5-13(22)6-8-14/h2-3,5-8,10,12H,4,9,11H2,1H3,(H,23,26)(H,24,25)/t12-/m1/s1. The normalized spacial score (nSPS) is 15.7. The van der Waals surface area contributed by atoms with Crippen molar-refractivity contribution in [3.63, 3.8) is 0 Å². The maximum atomic E-state index is 13.1. The molecule has 7 heteroatoms. The molecule has 0 saturated carbocycles. The van der Waals surface area contributed by atoms with Crippen LogP contribution >= 0.6 is 27.3 Å². The Labute approximate surface area is 175 Å². The van der Waals surface area contributed by atoms with E-state index < -0.39 is 0 Å². The van der Waals surface area contributed by atoms with Crippen LogP contribution in [0.15, 0.2) is 51.6 Å². The highest BCUT2D eigenvalue weighted by molar-refractivity contribution is 9.10. The number of thiophene rings is 1. The number of nitrogens with one attached hydrogen (secondary N) is 2. The molecule has 0 aliphatic heterocycles. The van der Waals surface area contributed by atoms with Gasteiger partial charge in [0.2, 0.25) is 0 Å². The van der Waals surface area contributed by atoms with Crippen molar-refractivity contribution in [2.24, 2.45) is 5.92 Å². The van der Waals surface area contributed by atoms with Gasteiger partial charge < -0.3 is 15.1 Å². The molecule has 0 bridgehead atoms. The number of fused-ring (bicyclic) bond motifs is 1. The molecular formula is C21H19BrN2O3S. The molecule has 5 nitrogen and oxygen atoms in total. The van der Waals surface area contributed by atoms with E-state index in [4.69, 9.17) is 4.42 Å². The van der Waals surface area contributed by atoms with Crippen molar-refractivity contribution < 1.29 is 14.0 Å². The van der Waals surface area contributed by atoms with Gasteiger partial charge in [-0.2, -0.15) is 0 Å². The quantitative estimate of drug-likeness (QED) is 0.523. The van der Waals surface area contributed by atoms with Gasteiger partial charge in [-0.3, -0.25) is 9.59 Å². The second-order valence-corrected chi connectivity index (χ2v) is 8.97. The average molecular weight is 459 g/mol. The van der Waals surface area contributed by atoms with E-state index >= 15 is 0 Å². The third-order valence-electron chi connectivity index (χ3n) is 4.81. The van der Waals surface area contributed by atoms with Crippen molar-refractivity contribution in [3.8, 4) is 0 Å². The molecule has 0 spiro atoms. The van der Waals surface area contributed by atoms with Gasteiger partial charge in [-0.05, 0) is 67.1 Å². The van der Waals surface area contributed by atoms with Crippen LogP contribution in [0.4, 0.5) is 10.7 Å². The Hall–Kier alpha value is -2.38. The van der Waals surface area contributed by atoms with Gasteiger partial charge in [0.25, 0.3) is 11.8 Å². The third kappa shape index (κ3) is 3.91. The predicted octanol–water partition coefficient (Wildman–Crippen LogP) is 5.73. The van der Waals surface area contributed by atoms with Crippen molar-refractivity contribution in [1.29, 1.82) is 0 Å². The number of hydrogen-bond donors (Lipinski definition) is 2. The summed E-state index contributed by atoms with van der Waals surface area (Å²) in [5.41, 5.74) is 2.32. The largest absolute Gasteiger partial charge is 0.459 e. The van der Waals surface area contributed by atoms with Gasteiger partial charge >= 0.3 is 0 Å². The summed E-state index contributed by atoms with van der Waals surface area (Å²) < 4.78 is 6.12. The van der Waals surface area contributed by atoms with Gasteiger partial charge in [0.1, 0.15) is 5.00 Å². The minimum absolute atomic E-state index is 0.205. The van der Waals surface area contributed by atoms with E-state index in [-0.39, 0.29) is 17.6 Å². The van der Waals surface area contributed by atoms with Gasteiger partial charge in [0.15, 0.2) is 5.76 Å². The van der Waals surface area contributed by atoms with Crippen LogP contribution in [0.2, 0.25) is 0 Å². The Kier molecular flexibility index (Phi) is 5.37. The number of carbonyl (C=O) groups is 2. The van der Waals surface area contributed by atoms with Crippen LogP contribution < -0.4 is 10.6 Å². The summed E-state index contributed by atoms with van der Waals surface area (Å²) in [7, 11) is 0. The van der Waals surface area contributed by atoms with E-state index in [1.54, 1.807) is 12.1 Å². The van der Waals surface area contributed by atoms with E-state index in [0.717, 1.165) is 29.3 Å². The Morgan fingerprint density at radius 1 is 1.14 bits per heavy atom. The van der Waals surface area contributed by atoms with Gasteiger partial charge in [0, 0.05) is 15.0 Å². The minimum Gasteiger partial charge on any atom is -0.459 e. The number of rotatable bonds is 4. The van der Waals surface area contributed by atoms with Crippen LogP contribution in [-0.4, -0.2) is 11.8 Å². The van der Waals surface area contributed by atoms with E-state index in [1.807, 2.05) is 24.3 Å². The monoisotopic (exact) mass is 458 g/mol. The van der Waals surface area contributed by atoms with Gasteiger partial charge in [-0.15, -0.1) is 11.3 Å². The fourth-order valence-corrected chi connectivity index (χ4v) is 5.05. The lowest BCUT2D eigenvalue weighted by atomic mass is 9.88. The molecular weight excluding hydrogens is 440 g/mol. The number of halogens is 1. The molecule has 1 atom stereocenters. The molecule has 144 valence electrons.